The van der Waals surface area contributed by atoms with Gasteiger partial charge in [-0.3, -0.25) is 4.90 Å². The number of nitrogens with one attached hydrogen (secondary N) is 2. The second-order valence-electron chi connectivity index (χ2n) is 7.79. The molecule has 3 aromatic carbocycles. The van der Waals surface area contributed by atoms with Gasteiger partial charge in [-0.05, 0) is 49.2 Å². The minimum absolute atomic E-state index is 0.0681. The van der Waals surface area contributed by atoms with Crippen molar-refractivity contribution < 1.29 is 4.79 Å². The molecule has 2 amide bonds. The number of hydrogen-bond acceptors (Lipinski definition) is 5. The van der Waals surface area contributed by atoms with Crippen LogP contribution in [0.5, 0.6) is 0 Å². The third kappa shape index (κ3) is 4.31. The molecule has 1 aromatic heterocycles. The second kappa shape index (κ2) is 9.22. The molecule has 0 saturated carbocycles. The Morgan fingerprint density at radius 3 is 2.66 bits per heavy atom. The van der Waals surface area contributed by atoms with Crippen LogP contribution in [-0.4, -0.2) is 22.9 Å². The lowest BCUT2D eigenvalue weighted by Gasteiger charge is -2.39. The Hall–Kier alpha value is -3.03. The number of urea groups is 1. The second-order valence-corrected chi connectivity index (χ2v) is 10.0. The smallest absolute Gasteiger partial charge is 0.322 e. The first-order valence-electron chi connectivity index (χ1n) is 10.6. The van der Waals surface area contributed by atoms with E-state index in [0.29, 0.717) is 5.88 Å². The van der Waals surface area contributed by atoms with Gasteiger partial charge in [-0.1, -0.05) is 60.3 Å². The number of fused-ring (bicyclic) bond motifs is 2. The fraction of sp³-hybridized carbons (Fsp3) is 0.200. The molecule has 0 bridgehead atoms. The first-order chi connectivity index (χ1) is 15.7. The summed E-state index contributed by atoms with van der Waals surface area (Å²) in [4.78, 5) is 19.7. The molecule has 0 spiro atoms. The van der Waals surface area contributed by atoms with Crippen LogP contribution in [0.2, 0.25) is 0 Å². The number of nitrogens with zero attached hydrogens (tertiary/aromatic N) is 2. The van der Waals surface area contributed by atoms with Crippen molar-refractivity contribution in [1.29, 1.82) is 0 Å². The lowest BCUT2D eigenvalue weighted by Crippen LogP contribution is -2.49. The van der Waals surface area contributed by atoms with Crippen LogP contribution in [-0.2, 0) is 0 Å². The van der Waals surface area contributed by atoms with Crippen molar-refractivity contribution in [1.82, 2.24) is 10.3 Å². The molecule has 2 atom stereocenters. The molecule has 0 fully saturated rings. The summed E-state index contributed by atoms with van der Waals surface area (Å²) >= 11 is 3.21. The van der Waals surface area contributed by atoms with E-state index in [4.69, 9.17) is 0 Å². The summed E-state index contributed by atoms with van der Waals surface area (Å²) in [6, 6.07) is 26.6. The monoisotopic (exact) mass is 460 g/mol. The van der Waals surface area contributed by atoms with Crippen molar-refractivity contribution in [3.63, 3.8) is 0 Å². The molecule has 2 unspecified atom stereocenters. The topological polar surface area (TPSA) is 57.3 Å². The highest BCUT2D eigenvalue weighted by molar-refractivity contribution is 8.01. The third-order valence-corrected chi connectivity index (χ3v) is 7.68. The molecule has 4 aromatic rings. The average Bonchev–Trinajstić information content (AvgIpc) is 3.22. The molecule has 1 aliphatic heterocycles. The van der Waals surface area contributed by atoms with Crippen LogP contribution in [0.3, 0.4) is 0 Å². The van der Waals surface area contributed by atoms with Crippen molar-refractivity contribution in [2.24, 2.45) is 0 Å². The van der Waals surface area contributed by atoms with Gasteiger partial charge in [0.2, 0.25) is 0 Å². The minimum Gasteiger partial charge on any atom is -0.378 e. The van der Waals surface area contributed by atoms with Crippen molar-refractivity contribution in [3.05, 3.63) is 84.4 Å². The molecule has 7 heteroatoms. The molecule has 0 aliphatic carbocycles. The first-order valence-corrected chi connectivity index (χ1v) is 12.5. The summed E-state index contributed by atoms with van der Waals surface area (Å²) < 4.78 is 2.13. The number of anilines is 2. The van der Waals surface area contributed by atoms with Crippen molar-refractivity contribution in [3.8, 4) is 0 Å². The van der Waals surface area contributed by atoms with Gasteiger partial charge in [-0.15, -0.1) is 11.3 Å². The van der Waals surface area contributed by atoms with E-state index in [9.17, 15) is 4.79 Å². The molecule has 2 N–H and O–H groups in total. The van der Waals surface area contributed by atoms with Crippen molar-refractivity contribution in [2.75, 3.05) is 16.1 Å². The van der Waals surface area contributed by atoms with E-state index in [1.165, 1.54) is 0 Å². The number of thiazole rings is 1. The van der Waals surface area contributed by atoms with Gasteiger partial charge >= 0.3 is 6.03 Å². The highest BCUT2D eigenvalue weighted by Crippen LogP contribution is 2.39. The van der Waals surface area contributed by atoms with Gasteiger partial charge in [-0.25, -0.2) is 9.78 Å². The maximum absolute atomic E-state index is 13.2. The summed E-state index contributed by atoms with van der Waals surface area (Å²) in [5.74, 6) is 0.482. The molecule has 5 nitrogen and oxygen atoms in total. The van der Waals surface area contributed by atoms with Gasteiger partial charge in [0, 0.05) is 11.7 Å². The molecular weight excluding hydrogens is 436 g/mol. The Morgan fingerprint density at radius 1 is 1.06 bits per heavy atom. The maximum Gasteiger partial charge on any atom is 0.322 e. The van der Waals surface area contributed by atoms with Crippen molar-refractivity contribution >= 4 is 50.7 Å². The Morgan fingerprint density at radius 2 is 1.81 bits per heavy atom. The normalized spacial score (nSPS) is 17.7. The number of para-hydroxylation sites is 3. The van der Waals surface area contributed by atoms with E-state index in [2.05, 4.69) is 46.8 Å². The Kier molecular flexibility index (Phi) is 6.01. The molecule has 162 valence electrons. The zero-order chi connectivity index (χ0) is 21.9. The highest BCUT2D eigenvalue weighted by atomic mass is 32.2. The molecule has 0 saturated heterocycles. The van der Waals surface area contributed by atoms with E-state index >= 15 is 0 Å². The number of carbonyl (C=O) groups is 1. The van der Waals surface area contributed by atoms with Crippen LogP contribution < -0.4 is 15.5 Å². The summed E-state index contributed by atoms with van der Waals surface area (Å²) in [6.07, 6.45) is 0.838. The van der Waals surface area contributed by atoms with Gasteiger partial charge in [0.15, 0.2) is 4.34 Å². The van der Waals surface area contributed by atoms with E-state index in [1.807, 2.05) is 59.5 Å². The van der Waals surface area contributed by atoms with Crippen LogP contribution in [0, 0.1) is 0 Å². The standard InChI is InChI=1S/C25H24N4OS2/c1-17-15-21(27-18-9-3-2-4-10-18)19-11-5-7-13-22(19)29(17)24(30)26-16-31-25-28-20-12-6-8-14-23(20)32-25/h2-14,17,21,27H,15-16H2,1H3,(H,26,30). The van der Waals surface area contributed by atoms with E-state index < -0.39 is 0 Å². The van der Waals surface area contributed by atoms with Gasteiger partial charge in [0.1, 0.15) is 0 Å². The van der Waals surface area contributed by atoms with Gasteiger partial charge < -0.3 is 10.6 Å². The Labute approximate surface area is 195 Å². The predicted molar refractivity (Wildman–Crippen MR) is 135 cm³/mol. The number of amides is 2. The number of thioether (sulfide) groups is 1. The minimum atomic E-state index is -0.0725. The third-order valence-electron chi connectivity index (χ3n) is 5.62. The molecule has 32 heavy (non-hydrogen) atoms. The zero-order valence-corrected chi connectivity index (χ0v) is 19.3. The summed E-state index contributed by atoms with van der Waals surface area (Å²) in [5, 5.41) is 6.71. The molecule has 1 aliphatic rings. The zero-order valence-electron chi connectivity index (χ0n) is 17.7. The summed E-state index contributed by atoms with van der Waals surface area (Å²) in [5.41, 5.74) is 4.19. The number of rotatable bonds is 5. The number of hydrogen-bond donors (Lipinski definition) is 2. The lowest BCUT2D eigenvalue weighted by atomic mass is 9.91. The molecule has 2 heterocycles. The van der Waals surface area contributed by atoms with E-state index in [0.717, 1.165) is 37.9 Å². The van der Waals surface area contributed by atoms with Crippen molar-refractivity contribution in [2.45, 2.75) is 29.8 Å². The number of carbonyl (C=O) groups excluding carboxylic acids is 1. The maximum atomic E-state index is 13.2. The van der Waals surface area contributed by atoms with Crippen LogP contribution in [0.4, 0.5) is 16.2 Å². The van der Waals surface area contributed by atoms with E-state index in [1.54, 1.807) is 23.1 Å². The summed E-state index contributed by atoms with van der Waals surface area (Å²) in [6.45, 7) is 2.11. The van der Waals surface area contributed by atoms with Gasteiger partial charge in [0.25, 0.3) is 0 Å². The lowest BCUT2D eigenvalue weighted by molar-refractivity contribution is 0.244. The summed E-state index contributed by atoms with van der Waals surface area (Å²) in [7, 11) is 0. The van der Waals surface area contributed by atoms with E-state index in [-0.39, 0.29) is 18.1 Å². The fourth-order valence-corrected chi connectivity index (χ4v) is 6.01. The Balaban J connectivity index is 1.28. The number of benzene rings is 3. The fourth-order valence-electron chi connectivity index (χ4n) is 4.15. The number of aromatic nitrogens is 1. The Bertz CT molecular complexity index is 1190. The van der Waals surface area contributed by atoms with Gasteiger partial charge in [-0.2, -0.15) is 0 Å². The highest BCUT2D eigenvalue weighted by Gasteiger charge is 2.33. The SMILES string of the molecule is CC1CC(Nc2ccccc2)c2ccccc2N1C(=O)NCSc1nc2ccccc2s1. The molecular formula is C25H24N4OS2. The van der Waals surface area contributed by atoms with Gasteiger partial charge in [0.05, 0.1) is 27.8 Å². The average molecular weight is 461 g/mol. The molecule has 0 radical (unpaired) electrons. The van der Waals surface area contributed by atoms with Crippen LogP contribution in [0.1, 0.15) is 24.9 Å². The van der Waals surface area contributed by atoms with Crippen LogP contribution in [0.25, 0.3) is 10.2 Å². The largest absolute Gasteiger partial charge is 0.378 e. The van der Waals surface area contributed by atoms with Crippen LogP contribution >= 0.6 is 23.1 Å². The van der Waals surface area contributed by atoms with Crippen LogP contribution in [0.15, 0.2) is 83.2 Å². The quantitative estimate of drug-likeness (QED) is 0.263. The predicted octanol–water partition coefficient (Wildman–Crippen LogP) is 6.51. The first kappa shape index (κ1) is 20.8. The molecule has 5 rings (SSSR count).